The number of nitrogens with one attached hydrogen (secondary N) is 1. The molecule has 0 aromatic carbocycles. The molecule has 0 saturated carbocycles. The highest BCUT2D eigenvalue weighted by Crippen LogP contribution is 2.34. The van der Waals surface area contributed by atoms with Crippen molar-refractivity contribution in [3.05, 3.63) is 5.56 Å². The van der Waals surface area contributed by atoms with Crippen molar-refractivity contribution < 1.29 is 4.79 Å². The Balaban J connectivity index is 1.72. The van der Waals surface area contributed by atoms with Crippen LogP contribution >= 0.6 is 11.5 Å². The van der Waals surface area contributed by atoms with Crippen molar-refractivity contribution >= 4 is 28.3 Å². The Morgan fingerprint density at radius 1 is 1.33 bits per heavy atom. The maximum absolute atomic E-state index is 12.0. The molecule has 0 aliphatic carbocycles. The first-order chi connectivity index (χ1) is 10.2. The summed E-state index contributed by atoms with van der Waals surface area (Å²) in [5.41, 5.74) is 6.41. The van der Waals surface area contributed by atoms with Gasteiger partial charge < -0.3 is 16.0 Å². The highest BCUT2D eigenvalue weighted by molar-refractivity contribution is 7.11. The van der Waals surface area contributed by atoms with Crippen molar-refractivity contribution in [2.45, 2.75) is 31.7 Å². The van der Waals surface area contributed by atoms with Gasteiger partial charge in [-0.15, -0.1) is 0 Å². The summed E-state index contributed by atoms with van der Waals surface area (Å²) in [5.74, 6) is 0.202. The molecule has 2 aliphatic heterocycles. The maximum atomic E-state index is 12.0. The molecule has 1 aromatic heterocycles. The minimum absolute atomic E-state index is 0.141. The first kappa shape index (κ1) is 14.6. The first-order valence-electron chi connectivity index (χ1n) is 7.67. The standard InChI is InChI=1S/C14H23N5OS/c1-16-13(20)11-12(15)17-21-14(11)19-8-5-10(9-19)18-6-3-2-4-7-18/h10H,2-9H2,1H3,(H2,15,17)(H,16,20). The smallest absolute Gasteiger partial charge is 0.257 e. The SMILES string of the molecule is CNC(=O)c1c(N)nsc1N1CCC(N2CCCCC2)C1. The lowest BCUT2D eigenvalue weighted by molar-refractivity contribution is 0.0964. The van der Waals surface area contributed by atoms with Gasteiger partial charge in [-0.2, -0.15) is 4.37 Å². The molecular formula is C14H23N5OS. The topological polar surface area (TPSA) is 74.5 Å². The lowest BCUT2D eigenvalue weighted by atomic mass is 10.1. The van der Waals surface area contributed by atoms with Crippen molar-refractivity contribution in [1.82, 2.24) is 14.6 Å². The van der Waals surface area contributed by atoms with Gasteiger partial charge in [0.25, 0.3) is 5.91 Å². The van der Waals surface area contributed by atoms with E-state index in [1.807, 2.05) is 0 Å². The Morgan fingerprint density at radius 3 is 2.81 bits per heavy atom. The molecule has 0 bridgehead atoms. The molecule has 3 rings (SSSR count). The molecule has 2 fully saturated rings. The van der Waals surface area contributed by atoms with Gasteiger partial charge in [-0.25, -0.2) is 0 Å². The number of anilines is 2. The van der Waals surface area contributed by atoms with Crippen molar-refractivity contribution in [1.29, 1.82) is 0 Å². The van der Waals surface area contributed by atoms with Crippen LogP contribution in [0.1, 0.15) is 36.0 Å². The predicted molar refractivity (Wildman–Crippen MR) is 86.0 cm³/mol. The van der Waals surface area contributed by atoms with Crippen molar-refractivity contribution in [2.75, 3.05) is 43.9 Å². The Labute approximate surface area is 129 Å². The van der Waals surface area contributed by atoms with Crippen molar-refractivity contribution in [3.63, 3.8) is 0 Å². The van der Waals surface area contributed by atoms with Gasteiger partial charge in [0, 0.05) is 26.2 Å². The summed E-state index contributed by atoms with van der Waals surface area (Å²) >= 11 is 1.34. The monoisotopic (exact) mass is 309 g/mol. The number of nitrogen functional groups attached to an aromatic ring is 1. The van der Waals surface area contributed by atoms with Gasteiger partial charge in [-0.05, 0) is 43.9 Å². The van der Waals surface area contributed by atoms with E-state index in [0.29, 0.717) is 17.4 Å². The number of nitrogens with zero attached hydrogens (tertiary/aromatic N) is 3. The quantitative estimate of drug-likeness (QED) is 0.876. The number of carbonyl (C=O) groups excluding carboxylic acids is 1. The maximum Gasteiger partial charge on any atom is 0.257 e. The third-order valence-electron chi connectivity index (χ3n) is 4.51. The number of nitrogens with two attached hydrogens (primary N) is 1. The Morgan fingerprint density at radius 2 is 2.10 bits per heavy atom. The van der Waals surface area contributed by atoms with Crippen LogP contribution < -0.4 is 16.0 Å². The summed E-state index contributed by atoms with van der Waals surface area (Å²) in [4.78, 5) is 16.9. The van der Waals surface area contributed by atoms with Gasteiger partial charge >= 0.3 is 0 Å². The fourth-order valence-corrected chi connectivity index (χ4v) is 4.20. The minimum Gasteiger partial charge on any atom is -0.382 e. The van der Waals surface area contributed by atoms with Crippen LogP contribution in [0.5, 0.6) is 0 Å². The molecule has 0 spiro atoms. The van der Waals surface area contributed by atoms with Gasteiger partial charge in [-0.3, -0.25) is 9.69 Å². The van der Waals surface area contributed by atoms with Crippen LogP contribution in [0.15, 0.2) is 0 Å². The highest BCUT2D eigenvalue weighted by Gasteiger charge is 2.32. The van der Waals surface area contributed by atoms with E-state index in [4.69, 9.17) is 5.73 Å². The number of piperidine rings is 1. The number of carbonyl (C=O) groups is 1. The number of hydrogen-bond acceptors (Lipinski definition) is 6. The fourth-order valence-electron chi connectivity index (χ4n) is 3.36. The van der Waals surface area contributed by atoms with E-state index in [0.717, 1.165) is 24.5 Å². The second-order valence-electron chi connectivity index (χ2n) is 5.81. The van der Waals surface area contributed by atoms with Gasteiger partial charge in [0.15, 0.2) is 5.82 Å². The van der Waals surface area contributed by atoms with Gasteiger partial charge in [0.05, 0.1) is 0 Å². The van der Waals surface area contributed by atoms with Crippen LogP contribution in [-0.4, -0.2) is 54.4 Å². The molecule has 21 heavy (non-hydrogen) atoms. The lowest BCUT2D eigenvalue weighted by Crippen LogP contribution is -2.41. The largest absolute Gasteiger partial charge is 0.382 e. The van der Waals surface area contributed by atoms with Gasteiger partial charge in [0.2, 0.25) is 0 Å². The van der Waals surface area contributed by atoms with E-state index in [1.54, 1.807) is 7.05 Å². The molecule has 1 atom stereocenters. The third kappa shape index (κ3) is 2.85. The summed E-state index contributed by atoms with van der Waals surface area (Å²) in [6.45, 7) is 4.38. The molecule has 0 radical (unpaired) electrons. The number of aromatic nitrogens is 1. The lowest BCUT2D eigenvalue weighted by Gasteiger charge is -2.32. The zero-order chi connectivity index (χ0) is 14.8. The zero-order valence-corrected chi connectivity index (χ0v) is 13.3. The van der Waals surface area contributed by atoms with Gasteiger partial charge in [-0.1, -0.05) is 6.42 Å². The van der Waals surface area contributed by atoms with E-state index in [2.05, 4.69) is 19.5 Å². The van der Waals surface area contributed by atoms with Crippen LogP contribution in [0.4, 0.5) is 10.8 Å². The second-order valence-corrected chi connectivity index (χ2v) is 6.56. The highest BCUT2D eigenvalue weighted by atomic mass is 32.1. The minimum atomic E-state index is -0.141. The summed E-state index contributed by atoms with van der Waals surface area (Å²) < 4.78 is 4.17. The molecule has 1 aromatic rings. The van der Waals surface area contributed by atoms with E-state index in [1.165, 1.54) is 43.9 Å². The third-order valence-corrected chi connectivity index (χ3v) is 5.44. The first-order valence-corrected chi connectivity index (χ1v) is 8.44. The molecule has 3 heterocycles. The average molecular weight is 309 g/mol. The average Bonchev–Trinajstić information content (AvgIpc) is 3.14. The van der Waals surface area contributed by atoms with E-state index in [-0.39, 0.29) is 5.91 Å². The Hall–Kier alpha value is -1.34. The zero-order valence-electron chi connectivity index (χ0n) is 12.5. The van der Waals surface area contributed by atoms with Crippen LogP contribution in [0.2, 0.25) is 0 Å². The molecule has 1 unspecified atom stereocenters. The molecule has 2 saturated heterocycles. The molecule has 2 aliphatic rings. The summed E-state index contributed by atoms with van der Waals surface area (Å²) in [7, 11) is 1.63. The fraction of sp³-hybridized carbons (Fsp3) is 0.714. The van der Waals surface area contributed by atoms with Crippen LogP contribution in [0.3, 0.4) is 0 Å². The van der Waals surface area contributed by atoms with E-state index >= 15 is 0 Å². The number of rotatable bonds is 3. The number of hydrogen-bond donors (Lipinski definition) is 2. The number of amides is 1. The number of likely N-dealkylation sites (tertiary alicyclic amines) is 1. The molecule has 116 valence electrons. The second kappa shape index (κ2) is 6.19. The molecule has 6 nitrogen and oxygen atoms in total. The molecule has 1 amide bonds. The Bertz CT molecular complexity index is 511. The molecule has 3 N–H and O–H groups in total. The van der Waals surface area contributed by atoms with Crippen LogP contribution in [0, 0.1) is 0 Å². The van der Waals surface area contributed by atoms with Crippen molar-refractivity contribution in [2.24, 2.45) is 0 Å². The molecular weight excluding hydrogens is 286 g/mol. The van der Waals surface area contributed by atoms with Crippen LogP contribution in [-0.2, 0) is 0 Å². The summed E-state index contributed by atoms with van der Waals surface area (Å²) in [6.07, 6.45) is 5.14. The van der Waals surface area contributed by atoms with Crippen LogP contribution in [0.25, 0.3) is 0 Å². The van der Waals surface area contributed by atoms with Crippen molar-refractivity contribution in [3.8, 4) is 0 Å². The summed E-state index contributed by atoms with van der Waals surface area (Å²) in [6, 6.07) is 0.603. The Kier molecular flexibility index (Phi) is 4.30. The van der Waals surface area contributed by atoms with E-state index in [9.17, 15) is 4.79 Å². The van der Waals surface area contributed by atoms with Gasteiger partial charge in [0.1, 0.15) is 10.6 Å². The molecule has 7 heteroatoms. The van der Waals surface area contributed by atoms with E-state index < -0.39 is 0 Å². The summed E-state index contributed by atoms with van der Waals surface area (Å²) in [5, 5.41) is 3.58. The predicted octanol–water partition coefficient (Wildman–Crippen LogP) is 1.15. The normalized spacial score (nSPS) is 23.5.